The minimum Gasteiger partial charge on any atom is -0.396 e. The molecule has 34 heavy (non-hydrogen) atoms. The largest absolute Gasteiger partial charge is 0.396 e. The highest BCUT2D eigenvalue weighted by atomic mass is 35.5. The van der Waals surface area contributed by atoms with E-state index in [2.05, 4.69) is 17.6 Å². The Morgan fingerprint density at radius 1 is 1.06 bits per heavy atom. The highest BCUT2D eigenvalue weighted by Gasteiger charge is 2.25. The van der Waals surface area contributed by atoms with E-state index in [1.54, 1.807) is 16.8 Å². The molecule has 1 fully saturated rings. The topological polar surface area (TPSA) is 70.4 Å². The zero-order chi connectivity index (χ0) is 24.1. The van der Waals surface area contributed by atoms with Crippen LogP contribution in [0.4, 0.5) is 0 Å². The van der Waals surface area contributed by atoms with E-state index in [4.69, 9.17) is 33.4 Å². The molecule has 0 radical (unpaired) electrons. The third-order valence-corrected chi connectivity index (χ3v) is 6.73. The molecule has 0 saturated carbocycles. The average Bonchev–Trinajstić information content (AvgIpc) is 3.17. The zero-order valence-corrected chi connectivity index (χ0v) is 20.9. The van der Waals surface area contributed by atoms with E-state index in [-0.39, 0.29) is 12.5 Å². The van der Waals surface area contributed by atoms with E-state index in [1.165, 1.54) is 12.0 Å². The van der Waals surface area contributed by atoms with Crippen molar-refractivity contribution in [3.05, 3.63) is 69.3 Å². The number of aromatic nitrogens is 2. The number of hydrogen-bond donors (Lipinski definition) is 2. The number of aryl methyl sites for hydroxylation is 1. The molecule has 0 aliphatic carbocycles. The summed E-state index contributed by atoms with van der Waals surface area (Å²) in [4.78, 5) is 13.2. The number of carbonyl (C=O) groups is 1. The van der Waals surface area contributed by atoms with Gasteiger partial charge in [-0.25, -0.2) is 9.69 Å². The molecule has 0 bridgehead atoms. The maximum atomic E-state index is 13.2. The van der Waals surface area contributed by atoms with Crippen molar-refractivity contribution < 1.29 is 9.90 Å². The molecule has 3 aromatic rings. The molecule has 2 heterocycles. The van der Waals surface area contributed by atoms with Crippen LogP contribution in [0.15, 0.2) is 42.5 Å². The van der Waals surface area contributed by atoms with Crippen molar-refractivity contribution in [2.75, 3.05) is 19.7 Å². The summed E-state index contributed by atoms with van der Waals surface area (Å²) < 4.78 is 1.74. The minimum atomic E-state index is -0.217. The quantitative estimate of drug-likeness (QED) is 0.395. The molecule has 0 spiro atoms. The molecule has 6 nitrogen and oxygen atoms in total. The molecular weight excluding hydrogens is 471 g/mol. The van der Waals surface area contributed by atoms with Gasteiger partial charge < -0.3 is 5.11 Å². The number of nitrogens with zero attached hydrogens (tertiary/aromatic N) is 3. The fourth-order valence-corrected chi connectivity index (χ4v) is 4.84. The third-order valence-electron chi connectivity index (χ3n) is 6.19. The summed E-state index contributed by atoms with van der Waals surface area (Å²) in [5, 5.41) is 16.7. The van der Waals surface area contributed by atoms with Crippen LogP contribution >= 0.6 is 23.2 Å². The number of nitrogens with one attached hydrogen (secondary N) is 1. The molecular formula is C26H30Cl2N4O2. The highest BCUT2D eigenvalue weighted by Crippen LogP contribution is 2.33. The fraction of sp³-hybridized carbons (Fsp3) is 0.385. The van der Waals surface area contributed by atoms with E-state index in [1.807, 2.05) is 30.1 Å². The second kappa shape index (κ2) is 11.4. The lowest BCUT2D eigenvalue weighted by Crippen LogP contribution is -2.45. The number of hydrazine groups is 1. The van der Waals surface area contributed by atoms with Gasteiger partial charge in [0.1, 0.15) is 0 Å². The molecule has 8 heteroatoms. The monoisotopic (exact) mass is 500 g/mol. The standard InChI is InChI=1S/C26H30Cl2N4O2/c1-18-24(26(34)30-31-14-4-2-5-15-31)29-32(23-13-12-21(27)17-22(23)28)25(18)20-10-8-19(9-11-20)7-3-6-16-33/h8-13,17,33H,2-7,14-16H2,1H3,(H,30,34). The van der Waals surface area contributed by atoms with Crippen molar-refractivity contribution in [2.45, 2.75) is 45.4 Å². The first kappa shape index (κ1) is 24.7. The van der Waals surface area contributed by atoms with Crippen molar-refractivity contribution in [1.82, 2.24) is 20.2 Å². The Balaban J connectivity index is 1.72. The predicted octanol–water partition coefficient (Wildman–Crippen LogP) is 5.60. The molecule has 1 aliphatic heterocycles. The first-order valence-corrected chi connectivity index (χ1v) is 12.5. The van der Waals surface area contributed by atoms with Crippen molar-refractivity contribution in [3.8, 4) is 16.9 Å². The van der Waals surface area contributed by atoms with E-state index in [9.17, 15) is 4.79 Å². The summed E-state index contributed by atoms with van der Waals surface area (Å²) in [6, 6.07) is 13.5. The number of amides is 1. The summed E-state index contributed by atoms with van der Waals surface area (Å²) in [5.41, 5.74) is 7.81. The number of piperidine rings is 1. The Kier molecular flexibility index (Phi) is 8.27. The van der Waals surface area contributed by atoms with Crippen LogP contribution < -0.4 is 5.43 Å². The Bertz CT molecular complexity index is 1140. The van der Waals surface area contributed by atoms with Gasteiger partial charge in [-0.15, -0.1) is 0 Å². The molecule has 1 aromatic heterocycles. The number of benzene rings is 2. The van der Waals surface area contributed by atoms with E-state index in [0.717, 1.165) is 62.0 Å². The van der Waals surface area contributed by atoms with Crippen LogP contribution in [0, 0.1) is 6.92 Å². The van der Waals surface area contributed by atoms with E-state index >= 15 is 0 Å². The van der Waals surface area contributed by atoms with Crippen LogP contribution in [0.5, 0.6) is 0 Å². The SMILES string of the molecule is Cc1c(C(=O)NN2CCCCC2)nn(-c2ccc(Cl)cc2Cl)c1-c1ccc(CCCCO)cc1. The number of aliphatic hydroxyl groups excluding tert-OH is 1. The average molecular weight is 501 g/mol. The smallest absolute Gasteiger partial charge is 0.286 e. The molecule has 0 atom stereocenters. The van der Waals surface area contributed by atoms with Crippen LogP contribution in [0.25, 0.3) is 16.9 Å². The van der Waals surface area contributed by atoms with Gasteiger partial charge in [-0.3, -0.25) is 10.2 Å². The number of hydrogen-bond acceptors (Lipinski definition) is 4. The first-order valence-electron chi connectivity index (χ1n) is 11.8. The fourth-order valence-electron chi connectivity index (χ4n) is 4.35. The number of halogens is 2. The van der Waals surface area contributed by atoms with Crippen LogP contribution in [0.3, 0.4) is 0 Å². The van der Waals surface area contributed by atoms with Crippen molar-refractivity contribution in [2.24, 2.45) is 0 Å². The predicted molar refractivity (Wildman–Crippen MR) is 137 cm³/mol. The number of rotatable bonds is 8. The Morgan fingerprint density at radius 2 is 1.79 bits per heavy atom. The van der Waals surface area contributed by atoms with Gasteiger partial charge in [0.05, 0.1) is 16.4 Å². The summed E-state index contributed by atoms with van der Waals surface area (Å²) in [7, 11) is 0. The van der Waals surface area contributed by atoms with Crippen molar-refractivity contribution in [1.29, 1.82) is 0 Å². The van der Waals surface area contributed by atoms with Gasteiger partial charge in [-0.05, 0) is 62.8 Å². The first-order chi connectivity index (χ1) is 16.5. The number of unbranched alkanes of at least 4 members (excludes halogenated alkanes) is 1. The lowest BCUT2D eigenvalue weighted by molar-refractivity contribution is 0.0743. The summed E-state index contributed by atoms with van der Waals surface area (Å²) in [5.74, 6) is -0.217. The van der Waals surface area contributed by atoms with Crippen molar-refractivity contribution >= 4 is 29.1 Å². The molecule has 1 saturated heterocycles. The van der Waals surface area contributed by atoms with Crippen LogP contribution in [-0.2, 0) is 6.42 Å². The summed E-state index contributed by atoms with van der Waals surface area (Å²) >= 11 is 12.7. The van der Waals surface area contributed by atoms with E-state index < -0.39 is 0 Å². The molecule has 4 rings (SSSR count). The van der Waals surface area contributed by atoms with Gasteiger partial charge in [-0.2, -0.15) is 5.10 Å². The van der Waals surface area contributed by atoms with Crippen LogP contribution in [0.2, 0.25) is 10.0 Å². The normalized spacial score (nSPS) is 14.4. The lowest BCUT2D eigenvalue weighted by atomic mass is 10.0. The molecule has 2 aromatic carbocycles. The highest BCUT2D eigenvalue weighted by molar-refractivity contribution is 6.35. The van der Waals surface area contributed by atoms with E-state index in [0.29, 0.717) is 21.4 Å². The van der Waals surface area contributed by atoms with Gasteiger partial charge >= 0.3 is 0 Å². The maximum Gasteiger partial charge on any atom is 0.286 e. The van der Waals surface area contributed by atoms with Crippen LogP contribution in [0.1, 0.15) is 53.7 Å². The van der Waals surface area contributed by atoms with Gasteiger partial charge in [0.2, 0.25) is 0 Å². The molecule has 2 N–H and O–H groups in total. The molecule has 0 unspecified atom stereocenters. The van der Waals surface area contributed by atoms with Crippen LogP contribution in [-0.4, -0.2) is 45.5 Å². The molecule has 1 aliphatic rings. The third kappa shape index (κ3) is 5.63. The lowest BCUT2D eigenvalue weighted by Gasteiger charge is -2.26. The van der Waals surface area contributed by atoms with Crippen molar-refractivity contribution in [3.63, 3.8) is 0 Å². The van der Waals surface area contributed by atoms with Gasteiger partial charge in [0, 0.05) is 35.8 Å². The molecule has 180 valence electrons. The number of aliphatic hydroxyl groups is 1. The Morgan fingerprint density at radius 3 is 2.47 bits per heavy atom. The summed E-state index contributed by atoms with van der Waals surface area (Å²) in [6.07, 6.45) is 5.97. The Labute approximate surface area is 210 Å². The summed E-state index contributed by atoms with van der Waals surface area (Å²) in [6.45, 7) is 3.82. The zero-order valence-electron chi connectivity index (χ0n) is 19.4. The van der Waals surface area contributed by atoms with Gasteiger partial charge in [0.15, 0.2) is 5.69 Å². The van der Waals surface area contributed by atoms with Gasteiger partial charge in [-0.1, -0.05) is 53.9 Å². The number of carbonyl (C=O) groups excluding carboxylic acids is 1. The van der Waals surface area contributed by atoms with Gasteiger partial charge in [0.25, 0.3) is 5.91 Å². The second-order valence-electron chi connectivity index (χ2n) is 8.70. The second-order valence-corrected chi connectivity index (χ2v) is 9.54. The minimum absolute atomic E-state index is 0.209. The maximum absolute atomic E-state index is 13.2. The Hall–Kier alpha value is -2.38. The molecule has 1 amide bonds.